The lowest BCUT2D eigenvalue weighted by Crippen LogP contribution is -2.40. The van der Waals surface area contributed by atoms with Crippen LogP contribution in [0.15, 0.2) is 126 Å². The number of carbonyl (C=O) groups is 2. The van der Waals surface area contributed by atoms with E-state index >= 15 is 0 Å². The maximum atomic E-state index is 14.2. The van der Waals surface area contributed by atoms with Crippen molar-refractivity contribution in [2.75, 3.05) is 13.1 Å². The van der Waals surface area contributed by atoms with Crippen molar-refractivity contribution in [1.29, 1.82) is 0 Å². The molecule has 2 aliphatic carbocycles. The van der Waals surface area contributed by atoms with Gasteiger partial charge in [0.05, 0.1) is 33.4 Å². The molecular weight excluding hydrogens is 982 g/mol. The average Bonchev–Trinajstić information content (AvgIpc) is 4.33. The molecule has 72 heavy (non-hydrogen) atoms. The fourth-order valence-electron chi connectivity index (χ4n) is 8.50. The van der Waals surface area contributed by atoms with Crippen molar-refractivity contribution >= 4 is 31.8 Å². The van der Waals surface area contributed by atoms with Crippen molar-refractivity contribution in [3.63, 3.8) is 0 Å². The number of aromatic nitrogens is 4. The minimum Gasteiger partial charge on any atom is -0.480 e. The van der Waals surface area contributed by atoms with Gasteiger partial charge in [-0.1, -0.05) is 30.3 Å². The van der Waals surface area contributed by atoms with Gasteiger partial charge >= 0.3 is 5.97 Å². The fraction of sp³-hybridized carbons (Fsp3) is 0.333. The van der Waals surface area contributed by atoms with E-state index in [1.807, 2.05) is 30.3 Å². The first-order valence-electron chi connectivity index (χ1n) is 23.2. The lowest BCUT2D eigenvalue weighted by molar-refractivity contribution is -0.140. The van der Waals surface area contributed by atoms with Crippen LogP contribution < -0.4 is 5.73 Å². The molecule has 3 aromatic heterocycles. The van der Waals surface area contributed by atoms with Crippen molar-refractivity contribution in [2.45, 2.75) is 104 Å². The van der Waals surface area contributed by atoms with Crippen LogP contribution in [0.3, 0.4) is 0 Å². The molecule has 0 unspecified atom stereocenters. The van der Waals surface area contributed by atoms with Gasteiger partial charge in [-0.2, -0.15) is 8.61 Å². The number of benzene rings is 3. The van der Waals surface area contributed by atoms with Crippen molar-refractivity contribution in [3.05, 3.63) is 156 Å². The largest absolute Gasteiger partial charge is 0.480 e. The highest BCUT2D eigenvalue weighted by atomic mass is 32.2. The minimum atomic E-state index is -4.14. The summed E-state index contributed by atoms with van der Waals surface area (Å²) in [5.41, 5.74) is 12.3. The monoisotopic (exact) mass is 1030 g/mol. The van der Waals surface area contributed by atoms with E-state index in [4.69, 9.17) is 10.8 Å². The molecule has 0 bridgehead atoms. The van der Waals surface area contributed by atoms with Crippen LogP contribution >= 0.6 is 0 Å². The van der Waals surface area contributed by atoms with Gasteiger partial charge in [-0.3, -0.25) is 19.6 Å². The molecule has 0 radical (unpaired) electrons. The number of nitrogens with zero attached hydrogens (tertiary/aromatic N) is 6. The zero-order valence-corrected chi connectivity index (χ0v) is 40.2. The predicted octanol–water partition coefficient (Wildman–Crippen LogP) is 8.09. The zero-order valence-electron chi connectivity index (χ0n) is 38.6. The van der Waals surface area contributed by atoms with E-state index in [0.717, 1.165) is 75.4 Å². The fourth-order valence-corrected chi connectivity index (χ4v) is 11.8. The van der Waals surface area contributed by atoms with E-state index in [1.54, 1.807) is 12.3 Å². The summed E-state index contributed by atoms with van der Waals surface area (Å²) in [5, 5.41) is 8.92. The third-order valence-electron chi connectivity index (χ3n) is 12.7. The first-order chi connectivity index (χ1) is 34.4. The Labute approximate surface area is 413 Å². The molecule has 21 heteroatoms. The molecule has 4 fully saturated rings. The first-order valence-corrected chi connectivity index (χ1v) is 26.1. The molecule has 4 aliphatic rings. The first kappa shape index (κ1) is 51.9. The summed E-state index contributed by atoms with van der Waals surface area (Å²) in [7, 11) is -8.27. The van der Waals surface area contributed by atoms with Crippen LogP contribution in [0.5, 0.6) is 0 Å². The summed E-state index contributed by atoms with van der Waals surface area (Å²) in [6.45, 7) is -0.595. The molecule has 10 rings (SSSR count). The number of carboxylic acid groups (broad SMARTS) is 1. The third kappa shape index (κ3) is 12.4. The number of hydrogen-bond acceptors (Lipinski definition) is 11. The number of sulfonamides is 2. The summed E-state index contributed by atoms with van der Waals surface area (Å²) in [6, 6.07) is 21.4. The normalized spacial score (nSPS) is 20.2. The van der Waals surface area contributed by atoms with Crippen molar-refractivity contribution in [2.24, 2.45) is 5.73 Å². The molecule has 3 N–H and O–H groups in total. The lowest BCUT2D eigenvalue weighted by Gasteiger charge is -2.22. The van der Waals surface area contributed by atoms with Crippen LogP contribution in [0.2, 0.25) is 0 Å². The highest BCUT2D eigenvalue weighted by Crippen LogP contribution is 2.41. The minimum absolute atomic E-state index is 0.0178. The summed E-state index contributed by atoms with van der Waals surface area (Å²) in [6.07, 6.45) is 6.06. The van der Waals surface area contributed by atoms with E-state index in [9.17, 15) is 48.4 Å². The molecule has 378 valence electrons. The maximum absolute atomic E-state index is 14.2. The Balaban J connectivity index is 0.000000158. The van der Waals surface area contributed by atoms with Crippen molar-refractivity contribution < 1.29 is 53.5 Å². The zero-order chi connectivity index (χ0) is 51.3. The smallest absolute Gasteiger partial charge is 0.322 e. The van der Waals surface area contributed by atoms with Gasteiger partial charge in [0.1, 0.15) is 42.2 Å². The van der Waals surface area contributed by atoms with E-state index in [1.165, 1.54) is 43.8 Å². The van der Waals surface area contributed by atoms with Gasteiger partial charge in [0.15, 0.2) is 5.78 Å². The van der Waals surface area contributed by atoms with Gasteiger partial charge in [0.2, 0.25) is 20.0 Å². The Morgan fingerprint density at radius 1 is 0.639 bits per heavy atom. The van der Waals surface area contributed by atoms with E-state index < -0.39 is 75.2 Å². The third-order valence-corrected chi connectivity index (χ3v) is 16.5. The van der Waals surface area contributed by atoms with Gasteiger partial charge < -0.3 is 10.8 Å². The van der Waals surface area contributed by atoms with E-state index in [0.29, 0.717) is 39.6 Å². The number of aliphatic carboxylic acids is 1. The molecule has 5 heterocycles. The second-order valence-electron chi connectivity index (χ2n) is 18.0. The van der Waals surface area contributed by atoms with Gasteiger partial charge in [0, 0.05) is 79.1 Å². The highest BCUT2D eigenvalue weighted by molar-refractivity contribution is 7.89. The molecule has 2 saturated carbocycles. The topological polar surface area (TPSA) is 207 Å². The Kier molecular flexibility index (Phi) is 16.0. The average molecular weight is 1030 g/mol. The number of ketones is 1. The number of carboxylic acids is 1. The number of pyridine rings is 2. The molecule has 0 spiro atoms. The Morgan fingerprint density at radius 3 is 1.72 bits per heavy atom. The highest BCUT2D eigenvalue weighted by Gasteiger charge is 2.45. The second kappa shape index (κ2) is 22.2. The molecule has 3 aromatic carbocycles. The summed E-state index contributed by atoms with van der Waals surface area (Å²) in [4.78, 5) is 40.4. The van der Waals surface area contributed by atoms with Crippen molar-refractivity contribution in [3.8, 4) is 22.4 Å². The molecule has 2 saturated heterocycles. The van der Waals surface area contributed by atoms with Gasteiger partial charge in [-0.25, -0.2) is 48.8 Å². The predicted molar refractivity (Wildman–Crippen MR) is 255 cm³/mol. The number of rotatable bonds is 14. The van der Waals surface area contributed by atoms with Crippen LogP contribution in [-0.2, 0) is 42.6 Å². The number of aryl methyl sites for hydroxylation is 1. The van der Waals surface area contributed by atoms with Crippen molar-refractivity contribution in [1.82, 2.24) is 28.5 Å². The standard InChI is InChI=1S/C26H25F2N3O3S.C14H14FN3.C11H11F2NO4S/c27-20-7-10-23(11-8-20)35(33,34)31-15-21(28)13-25(31)26(32)12-9-22-14-24(30-16-29-22)19-5-3-18(4-6-19)17-1-2-17;15-13-8-17-11(6-16)5-12(13)10-3-4-14(18-7-10)9-1-2-9;12-7-1-3-9(4-2-7)19(17,18)14-6-8(13)5-10(14)11(15)16/h3-8,10-11,14,16-17,21,25H,1-2,9,12-13,15H2;3-5,7-9H,1-2,6,16H2;1-4,8,10H,5-6H2,(H,15,16)/t21-,25+;;8-,10+/m1.1/s1. The van der Waals surface area contributed by atoms with E-state index in [-0.39, 0.29) is 47.1 Å². The number of nitrogens with two attached hydrogens (primary N) is 1. The van der Waals surface area contributed by atoms with Crippen LogP contribution in [0.1, 0.15) is 79.4 Å². The summed E-state index contributed by atoms with van der Waals surface area (Å²) >= 11 is 0. The number of carbonyl (C=O) groups excluding carboxylic acids is 1. The number of hydrogen-bond donors (Lipinski definition) is 2. The number of alkyl halides is 2. The van der Waals surface area contributed by atoms with Crippen LogP contribution in [0.4, 0.5) is 22.0 Å². The molecule has 0 amide bonds. The molecule has 6 aromatic rings. The molecule has 14 nitrogen and oxygen atoms in total. The molecular formula is C51H50F5N7O7S2. The quantitative estimate of drug-likeness (QED) is 0.0993. The number of Topliss-reactive ketones (excluding diaryl/α,β-unsaturated/α-hetero) is 1. The van der Waals surface area contributed by atoms with Crippen LogP contribution in [-0.4, -0.2) is 99.8 Å². The molecule has 2 aliphatic heterocycles. The van der Waals surface area contributed by atoms with Crippen LogP contribution in [0, 0.1) is 17.5 Å². The van der Waals surface area contributed by atoms with Gasteiger partial charge in [0.25, 0.3) is 0 Å². The molecule has 4 atom stereocenters. The SMILES string of the molecule is NCc1cc(-c2ccc(C3CC3)nc2)c(F)cn1.O=C(CCc1cc(-c2ccc(C3CC3)cc2)ncn1)[C@@H]1C[C@@H](F)CN1S(=O)(=O)c1ccc(F)cc1.O=C(O)[C@@H]1C[C@@H](F)CN1S(=O)(=O)c1ccc(F)cc1. The summed E-state index contributed by atoms with van der Waals surface area (Å²) in [5.74, 6) is -2.02. The summed E-state index contributed by atoms with van der Waals surface area (Å²) < 4.78 is 119. The van der Waals surface area contributed by atoms with E-state index in [2.05, 4.69) is 32.1 Å². The van der Waals surface area contributed by atoms with Gasteiger partial charge in [-0.15, -0.1) is 0 Å². The Morgan fingerprint density at radius 2 is 1.19 bits per heavy atom. The Hall–Kier alpha value is -6.39. The number of halogens is 5. The Bertz CT molecular complexity index is 3120. The van der Waals surface area contributed by atoms with Crippen LogP contribution in [0.25, 0.3) is 22.4 Å². The lowest BCUT2D eigenvalue weighted by atomic mass is 10.0. The maximum Gasteiger partial charge on any atom is 0.322 e. The van der Waals surface area contributed by atoms with Gasteiger partial charge in [-0.05, 0) is 110 Å². The second-order valence-corrected chi connectivity index (χ2v) is 21.7.